The second-order valence-electron chi connectivity index (χ2n) is 3.54. The SMILES string of the molecule is CCC(c1cnn(CC)c1)n1cccn1. The maximum absolute atomic E-state index is 4.29. The van der Waals surface area contributed by atoms with Crippen LogP contribution in [0.5, 0.6) is 0 Å². The van der Waals surface area contributed by atoms with E-state index in [1.807, 2.05) is 34.0 Å². The molecule has 4 heteroatoms. The molecular weight excluding hydrogens is 188 g/mol. The molecule has 0 fully saturated rings. The number of hydrogen-bond donors (Lipinski definition) is 0. The van der Waals surface area contributed by atoms with Gasteiger partial charge in [0.25, 0.3) is 0 Å². The second kappa shape index (κ2) is 4.29. The fraction of sp³-hybridized carbons (Fsp3) is 0.455. The maximum atomic E-state index is 4.29. The minimum atomic E-state index is 0.306. The van der Waals surface area contributed by atoms with Crippen LogP contribution in [0.4, 0.5) is 0 Å². The number of aromatic nitrogens is 4. The van der Waals surface area contributed by atoms with Crippen molar-refractivity contribution in [2.24, 2.45) is 0 Å². The molecule has 0 aliphatic rings. The van der Waals surface area contributed by atoms with Gasteiger partial charge in [-0.3, -0.25) is 9.36 Å². The van der Waals surface area contributed by atoms with Gasteiger partial charge in [-0.2, -0.15) is 10.2 Å². The van der Waals surface area contributed by atoms with Crippen LogP contribution in [0.3, 0.4) is 0 Å². The largest absolute Gasteiger partial charge is 0.273 e. The van der Waals surface area contributed by atoms with Gasteiger partial charge in [0.05, 0.1) is 12.2 Å². The Morgan fingerprint density at radius 1 is 1.33 bits per heavy atom. The normalized spacial score (nSPS) is 12.9. The van der Waals surface area contributed by atoms with Crippen molar-refractivity contribution in [2.45, 2.75) is 32.9 Å². The van der Waals surface area contributed by atoms with Crippen LogP contribution >= 0.6 is 0 Å². The quantitative estimate of drug-likeness (QED) is 0.764. The van der Waals surface area contributed by atoms with Crippen LogP contribution in [-0.2, 0) is 6.54 Å². The molecule has 0 N–H and O–H groups in total. The predicted octanol–water partition coefficient (Wildman–Crippen LogP) is 2.10. The molecule has 0 saturated carbocycles. The molecule has 0 saturated heterocycles. The lowest BCUT2D eigenvalue weighted by Crippen LogP contribution is -2.09. The molecule has 2 aromatic rings. The maximum Gasteiger partial charge on any atom is 0.0796 e. The fourth-order valence-electron chi connectivity index (χ4n) is 1.77. The number of hydrogen-bond acceptors (Lipinski definition) is 2. The summed E-state index contributed by atoms with van der Waals surface area (Å²) in [4.78, 5) is 0. The highest BCUT2D eigenvalue weighted by Gasteiger charge is 2.13. The lowest BCUT2D eigenvalue weighted by atomic mass is 10.1. The van der Waals surface area contributed by atoms with Crippen molar-refractivity contribution < 1.29 is 0 Å². The van der Waals surface area contributed by atoms with Crippen LogP contribution in [0, 0.1) is 0 Å². The summed E-state index contributed by atoms with van der Waals surface area (Å²) >= 11 is 0. The Morgan fingerprint density at radius 3 is 2.73 bits per heavy atom. The van der Waals surface area contributed by atoms with Crippen LogP contribution in [0.2, 0.25) is 0 Å². The number of rotatable bonds is 4. The van der Waals surface area contributed by atoms with Crippen LogP contribution in [-0.4, -0.2) is 19.6 Å². The summed E-state index contributed by atoms with van der Waals surface area (Å²) < 4.78 is 3.93. The monoisotopic (exact) mass is 204 g/mol. The van der Waals surface area contributed by atoms with Gasteiger partial charge in [-0.1, -0.05) is 6.92 Å². The Balaban J connectivity index is 2.27. The molecule has 0 bridgehead atoms. The summed E-state index contributed by atoms with van der Waals surface area (Å²) in [6.07, 6.45) is 8.86. The second-order valence-corrected chi connectivity index (χ2v) is 3.54. The summed E-state index contributed by atoms with van der Waals surface area (Å²) in [5, 5.41) is 8.57. The molecule has 0 aliphatic heterocycles. The van der Waals surface area contributed by atoms with Crippen molar-refractivity contribution in [3.05, 3.63) is 36.4 Å². The zero-order valence-electron chi connectivity index (χ0n) is 9.17. The van der Waals surface area contributed by atoms with Gasteiger partial charge < -0.3 is 0 Å². The minimum absolute atomic E-state index is 0.306. The average molecular weight is 204 g/mol. The molecule has 1 atom stereocenters. The van der Waals surface area contributed by atoms with Gasteiger partial charge >= 0.3 is 0 Å². The highest BCUT2D eigenvalue weighted by Crippen LogP contribution is 2.19. The first-order chi connectivity index (χ1) is 7.35. The zero-order chi connectivity index (χ0) is 10.7. The summed E-state index contributed by atoms with van der Waals surface area (Å²) in [5.74, 6) is 0. The zero-order valence-corrected chi connectivity index (χ0v) is 9.17. The third-order valence-corrected chi connectivity index (χ3v) is 2.59. The van der Waals surface area contributed by atoms with Gasteiger partial charge in [0.2, 0.25) is 0 Å². The van der Waals surface area contributed by atoms with Gasteiger partial charge in [-0.15, -0.1) is 0 Å². The van der Waals surface area contributed by atoms with E-state index in [-0.39, 0.29) is 0 Å². The molecule has 4 nitrogen and oxygen atoms in total. The smallest absolute Gasteiger partial charge is 0.0796 e. The lowest BCUT2D eigenvalue weighted by molar-refractivity contribution is 0.508. The Bertz CT molecular complexity index is 402. The molecule has 80 valence electrons. The third kappa shape index (κ3) is 1.93. The third-order valence-electron chi connectivity index (χ3n) is 2.59. The first kappa shape index (κ1) is 9.96. The standard InChI is InChI=1S/C11H16N4/c1-3-11(15-7-5-6-12-15)10-8-13-14(4-2)9-10/h5-9,11H,3-4H2,1-2H3. The van der Waals surface area contributed by atoms with Crippen LogP contribution in [0.25, 0.3) is 0 Å². The molecule has 2 rings (SSSR count). The minimum Gasteiger partial charge on any atom is -0.273 e. The summed E-state index contributed by atoms with van der Waals surface area (Å²) in [5.41, 5.74) is 1.23. The molecule has 0 aliphatic carbocycles. The van der Waals surface area contributed by atoms with E-state index in [1.165, 1.54) is 5.56 Å². The van der Waals surface area contributed by atoms with E-state index in [9.17, 15) is 0 Å². The number of aryl methyl sites for hydroxylation is 1. The topological polar surface area (TPSA) is 35.6 Å². The summed E-state index contributed by atoms with van der Waals surface area (Å²) in [6, 6.07) is 2.26. The highest BCUT2D eigenvalue weighted by molar-refractivity contribution is 5.11. The first-order valence-electron chi connectivity index (χ1n) is 5.36. The van der Waals surface area contributed by atoms with Crippen molar-refractivity contribution in [3.63, 3.8) is 0 Å². The molecular formula is C11H16N4. The van der Waals surface area contributed by atoms with Crippen molar-refractivity contribution in [1.29, 1.82) is 0 Å². The first-order valence-corrected chi connectivity index (χ1v) is 5.36. The Labute approximate surface area is 89.5 Å². The van der Waals surface area contributed by atoms with Crippen LogP contribution < -0.4 is 0 Å². The molecule has 2 aromatic heterocycles. The number of nitrogens with zero attached hydrogens (tertiary/aromatic N) is 4. The van der Waals surface area contributed by atoms with Gasteiger partial charge in [-0.25, -0.2) is 0 Å². The Morgan fingerprint density at radius 2 is 2.20 bits per heavy atom. The van der Waals surface area contributed by atoms with E-state index < -0.39 is 0 Å². The fourth-order valence-corrected chi connectivity index (χ4v) is 1.77. The van der Waals surface area contributed by atoms with Crippen molar-refractivity contribution in [3.8, 4) is 0 Å². The predicted molar refractivity (Wildman–Crippen MR) is 58.6 cm³/mol. The molecule has 0 aromatic carbocycles. The van der Waals surface area contributed by atoms with Crippen molar-refractivity contribution >= 4 is 0 Å². The van der Waals surface area contributed by atoms with Crippen molar-refractivity contribution in [2.75, 3.05) is 0 Å². The van der Waals surface area contributed by atoms with E-state index in [0.717, 1.165) is 13.0 Å². The Hall–Kier alpha value is -1.58. The Kier molecular flexibility index (Phi) is 2.85. The highest BCUT2D eigenvalue weighted by atomic mass is 15.3. The van der Waals surface area contributed by atoms with Crippen LogP contribution in [0.15, 0.2) is 30.9 Å². The van der Waals surface area contributed by atoms with E-state index in [4.69, 9.17) is 0 Å². The molecule has 15 heavy (non-hydrogen) atoms. The van der Waals surface area contributed by atoms with Gasteiger partial charge in [0.1, 0.15) is 0 Å². The van der Waals surface area contributed by atoms with E-state index in [2.05, 4.69) is 30.2 Å². The lowest BCUT2D eigenvalue weighted by Gasteiger charge is -2.13. The van der Waals surface area contributed by atoms with E-state index in [0.29, 0.717) is 6.04 Å². The summed E-state index contributed by atoms with van der Waals surface area (Å²) in [7, 11) is 0. The van der Waals surface area contributed by atoms with Crippen LogP contribution in [0.1, 0.15) is 31.9 Å². The van der Waals surface area contributed by atoms with Crippen molar-refractivity contribution in [1.82, 2.24) is 19.6 Å². The van der Waals surface area contributed by atoms with Gasteiger partial charge in [0, 0.05) is 30.7 Å². The van der Waals surface area contributed by atoms with E-state index in [1.54, 1.807) is 0 Å². The molecule has 0 radical (unpaired) electrons. The molecule has 0 spiro atoms. The summed E-state index contributed by atoms with van der Waals surface area (Å²) in [6.45, 7) is 5.16. The molecule has 1 unspecified atom stereocenters. The van der Waals surface area contributed by atoms with E-state index >= 15 is 0 Å². The molecule has 0 amide bonds. The van der Waals surface area contributed by atoms with Gasteiger partial charge in [0.15, 0.2) is 0 Å². The van der Waals surface area contributed by atoms with Gasteiger partial charge in [-0.05, 0) is 19.4 Å². The molecule has 2 heterocycles. The average Bonchev–Trinajstić information content (AvgIpc) is 2.89.